The Morgan fingerprint density at radius 2 is 2.12 bits per heavy atom. The molecule has 1 aromatic carbocycles. The molecule has 2 rings (SSSR count). The third-order valence-corrected chi connectivity index (χ3v) is 2.52. The molecule has 2 aromatic rings. The second kappa shape index (κ2) is 5.05. The molecule has 80 valence electrons. The van der Waals surface area contributed by atoms with Gasteiger partial charge in [0, 0.05) is 28.8 Å². The summed E-state index contributed by atoms with van der Waals surface area (Å²) in [4.78, 5) is 4.45. The molecule has 0 unspecified atom stereocenters. The van der Waals surface area contributed by atoms with Gasteiger partial charge in [-0.1, -0.05) is 17.9 Å². The average Bonchev–Trinajstić information content (AvgIpc) is 2.29. The van der Waals surface area contributed by atoms with Gasteiger partial charge in [-0.2, -0.15) is 12.6 Å². The van der Waals surface area contributed by atoms with E-state index in [0.29, 0.717) is 0 Å². The van der Waals surface area contributed by atoms with Gasteiger partial charge in [-0.3, -0.25) is 4.98 Å². The van der Waals surface area contributed by atoms with Crippen molar-refractivity contribution in [2.75, 3.05) is 5.75 Å². The fourth-order valence-electron chi connectivity index (χ4n) is 1.53. The van der Waals surface area contributed by atoms with Crippen LogP contribution in [0.4, 0.5) is 0 Å². The van der Waals surface area contributed by atoms with Crippen LogP contribution in [0.2, 0.25) is 0 Å². The normalized spacial score (nSPS) is 9.88. The molecule has 0 aliphatic heterocycles. The maximum Gasteiger partial charge on any atom is 0.0706 e. The van der Waals surface area contributed by atoms with E-state index < -0.39 is 0 Å². The van der Waals surface area contributed by atoms with E-state index in [1.54, 1.807) is 0 Å². The van der Waals surface area contributed by atoms with E-state index in [1.807, 2.05) is 25.1 Å². The van der Waals surface area contributed by atoms with Crippen LogP contribution in [0.1, 0.15) is 17.7 Å². The largest absolute Gasteiger partial charge is 0.253 e. The summed E-state index contributed by atoms with van der Waals surface area (Å²) in [7, 11) is 0. The standard InChI is InChI=1S/C14H13NS/c1-11-5-7-13-10-12(4-2-3-9-16)6-8-14(13)15-11/h5-8,10,16H,3,9H2,1H3. The quantitative estimate of drug-likeness (QED) is 0.583. The van der Waals surface area contributed by atoms with Crippen LogP contribution in [-0.2, 0) is 0 Å². The van der Waals surface area contributed by atoms with Crippen LogP contribution in [0.5, 0.6) is 0 Å². The van der Waals surface area contributed by atoms with Gasteiger partial charge in [0.05, 0.1) is 5.52 Å². The van der Waals surface area contributed by atoms with Crippen molar-refractivity contribution in [1.29, 1.82) is 0 Å². The fraction of sp³-hybridized carbons (Fsp3) is 0.214. The van der Waals surface area contributed by atoms with Crippen molar-refractivity contribution < 1.29 is 0 Å². The van der Waals surface area contributed by atoms with Gasteiger partial charge in [-0.05, 0) is 31.2 Å². The number of hydrogen-bond donors (Lipinski definition) is 1. The molecule has 0 atom stereocenters. The predicted molar refractivity (Wildman–Crippen MR) is 71.8 cm³/mol. The van der Waals surface area contributed by atoms with Crippen molar-refractivity contribution in [2.45, 2.75) is 13.3 Å². The lowest BCUT2D eigenvalue weighted by Crippen LogP contribution is -1.83. The van der Waals surface area contributed by atoms with Gasteiger partial charge in [0.25, 0.3) is 0 Å². The predicted octanol–water partition coefficient (Wildman–Crippen LogP) is 3.21. The molecular formula is C14H13NS. The van der Waals surface area contributed by atoms with Gasteiger partial charge in [0.15, 0.2) is 0 Å². The zero-order valence-corrected chi connectivity index (χ0v) is 10.1. The van der Waals surface area contributed by atoms with Crippen LogP contribution in [-0.4, -0.2) is 10.7 Å². The van der Waals surface area contributed by atoms with Crippen LogP contribution in [0.3, 0.4) is 0 Å². The van der Waals surface area contributed by atoms with Crippen molar-refractivity contribution in [3.8, 4) is 11.8 Å². The minimum atomic E-state index is 0.807. The Morgan fingerprint density at radius 3 is 2.94 bits per heavy atom. The minimum Gasteiger partial charge on any atom is -0.253 e. The van der Waals surface area contributed by atoms with Crippen molar-refractivity contribution in [3.63, 3.8) is 0 Å². The molecule has 0 saturated heterocycles. The summed E-state index contributed by atoms with van der Waals surface area (Å²) in [5, 5.41) is 1.14. The lowest BCUT2D eigenvalue weighted by molar-refractivity contribution is 1.25. The highest BCUT2D eigenvalue weighted by atomic mass is 32.1. The molecule has 1 nitrogen and oxygen atoms in total. The molecule has 0 fully saturated rings. The Balaban J connectivity index is 2.38. The molecule has 16 heavy (non-hydrogen) atoms. The van der Waals surface area contributed by atoms with Gasteiger partial charge < -0.3 is 0 Å². The Morgan fingerprint density at radius 1 is 1.25 bits per heavy atom. The number of aromatic nitrogens is 1. The zero-order chi connectivity index (χ0) is 11.4. The molecule has 0 N–H and O–H groups in total. The first-order chi connectivity index (χ1) is 7.79. The number of hydrogen-bond acceptors (Lipinski definition) is 2. The molecule has 0 amide bonds. The van der Waals surface area contributed by atoms with Crippen molar-refractivity contribution in [3.05, 3.63) is 41.6 Å². The molecule has 2 heteroatoms. The fourth-order valence-corrected chi connectivity index (χ4v) is 1.64. The second-order valence-electron chi connectivity index (χ2n) is 3.64. The first-order valence-corrected chi connectivity index (χ1v) is 5.90. The van der Waals surface area contributed by atoms with Gasteiger partial charge in [0.2, 0.25) is 0 Å². The monoisotopic (exact) mass is 227 g/mol. The van der Waals surface area contributed by atoms with E-state index in [-0.39, 0.29) is 0 Å². The third kappa shape index (κ3) is 2.56. The maximum absolute atomic E-state index is 4.45. The number of pyridine rings is 1. The SMILES string of the molecule is Cc1ccc2cc(C#CCCS)ccc2n1. The van der Waals surface area contributed by atoms with Crippen molar-refractivity contribution in [1.82, 2.24) is 4.98 Å². The first-order valence-electron chi connectivity index (χ1n) is 5.27. The van der Waals surface area contributed by atoms with Crippen LogP contribution >= 0.6 is 12.6 Å². The lowest BCUT2D eigenvalue weighted by atomic mass is 10.1. The summed E-state index contributed by atoms with van der Waals surface area (Å²) < 4.78 is 0. The average molecular weight is 227 g/mol. The van der Waals surface area contributed by atoms with Crippen LogP contribution in [0.15, 0.2) is 30.3 Å². The van der Waals surface area contributed by atoms with E-state index in [1.165, 1.54) is 0 Å². The smallest absolute Gasteiger partial charge is 0.0706 e. The molecule has 0 aliphatic carbocycles. The highest BCUT2D eigenvalue weighted by molar-refractivity contribution is 7.80. The van der Waals surface area contributed by atoms with Gasteiger partial charge >= 0.3 is 0 Å². The first kappa shape index (κ1) is 11.0. The summed E-state index contributed by atoms with van der Waals surface area (Å²) in [5.41, 5.74) is 3.11. The Labute approximate surface area is 101 Å². The molecule has 0 bridgehead atoms. The number of rotatable bonds is 1. The number of thiol groups is 1. The van der Waals surface area contributed by atoms with E-state index in [2.05, 4.69) is 41.6 Å². The zero-order valence-electron chi connectivity index (χ0n) is 9.20. The summed E-state index contributed by atoms with van der Waals surface area (Å²) in [6.45, 7) is 2.00. The third-order valence-electron chi connectivity index (χ3n) is 2.30. The maximum atomic E-state index is 4.45. The second-order valence-corrected chi connectivity index (χ2v) is 4.08. The topological polar surface area (TPSA) is 12.9 Å². The molecular weight excluding hydrogens is 214 g/mol. The number of fused-ring (bicyclic) bond motifs is 1. The number of aryl methyl sites for hydroxylation is 1. The molecule has 0 aliphatic rings. The van der Waals surface area contributed by atoms with Gasteiger partial charge in [-0.15, -0.1) is 0 Å². The molecule has 0 radical (unpaired) electrons. The Bertz CT molecular complexity index is 564. The van der Waals surface area contributed by atoms with E-state index in [0.717, 1.165) is 34.3 Å². The molecule has 0 spiro atoms. The number of benzene rings is 1. The highest BCUT2D eigenvalue weighted by Crippen LogP contribution is 2.14. The minimum absolute atomic E-state index is 0.807. The lowest BCUT2D eigenvalue weighted by Gasteiger charge is -1.99. The van der Waals surface area contributed by atoms with Crippen LogP contribution in [0.25, 0.3) is 10.9 Å². The van der Waals surface area contributed by atoms with E-state index in [9.17, 15) is 0 Å². The highest BCUT2D eigenvalue weighted by Gasteiger charge is 1.95. The molecule has 1 aromatic heterocycles. The summed E-state index contributed by atoms with van der Waals surface area (Å²) in [6.07, 6.45) is 0.827. The Kier molecular flexibility index (Phi) is 3.48. The van der Waals surface area contributed by atoms with Crippen molar-refractivity contribution >= 4 is 23.5 Å². The summed E-state index contributed by atoms with van der Waals surface area (Å²) >= 11 is 4.12. The van der Waals surface area contributed by atoms with Gasteiger partial charge in [-0.25, -0.2) is 0 Å². The molecule has 0 saturated carbocycles. The van der Waals surface area contributed by atoms with Crippen LogP contribution in [0, 0.1) is 18.8 Å². The van der Waals surface area contributed by atoms with Gasteiger partial charge in [0.1, 0.15) is 0 Å². The Hall–Kier alpha value is -1.46. The van der Waals surface area contributed by atoms with E-state index in [4.69, 9.17) is 0 Å². The number of nitrogens with zero attached hydrogens (tertiary/aromatic N) is 1. The van der Waals surface area contributed by atoms with E-state index >= 15 is 0 Å². The van der Waals surface area contributed by atoms with Crippen LogP contribution < -0.4 is 0 Å². The van der Waals surface area contributed by atoms with Crippen molar-refractivity contribution in [2.24, 2.45) is 0 Å². The summed E-state index contributed by atoms with van der Waals surface area (Å²) in [5.74, 6) is 7.01. The summed E-state index contributed by atoms with van der Waals surface area (Å²) in [6, 6.07) is 10.2. The molecule has 1 heterocycles.